The molecule has 1 saturated carbocycles. The minimum Gasteiger partial charge on any atom is -0.399 e. The third kappa shape index (κ3) is 3.57. The van der Waals surface area contributed by atoms with Crippen molar-refractivity contribution >= 4 is 12.6 Å². The van der Waals surface area contributed by atoms with Gasteiger partial charge in [0.15, 0.2) is 0 Å². The first kappa shape index (κ1) is 21.4. The second-order valence-corrected chi connectivity index (χ2v) is 9.33. The van der Waals surface area contributed by atoms with E-state index in [1.54, 1.807) is 18.2 Å². The fraction of sp³-hybridized carbons (Fsp3) is 0.478. The summed E-state index contributed by atoms with van der Waals surface area (Å²) < 4.78 is 51.8. The van der Waals surface area contributed by atoms with Crippen molar-refractivity contribution < 1.29 is 27.6 Å². The Kier molecular flexibility index (Phi) is 4.88. The van der Waals surface area contributed by atoms with Crippen LogP contribution in [0.3, 0.4) is 0 Å². The number of hydrogen-bond donors (Lipinski definition) is 1. The number of alkyl halides is 3. The quantitative estimate of drug-likeness (QED) is 0.735. The largest absolute Gasteiger partial charge is 0.494 e. The van der Waals surface area contributed by atoms with E-state index in [1.807, 2.05) is 39.8 Å². The number of aliphatic hydroxyl groups is 1. The molecule has 1 aliphatic heterocycles. The van der Waals surface area contributed by atoms with Crippen LogP contribution in [0, 0.1) is 5.92 Å². The predicted octanol–water partition coefficient (Wildman–Crippen LogP) is 4.65. The summed E-state index contributed by atoms with van der Waals surface area (Å²) in [5.74, 6) is -0.108. The molecule has 7 heteroatoms. The summed E-state index contributed by atoms with van der Waals surface area (Å²) in [5.41, 5.74) is -1.51. The van der Waals surface area contributed by atoms with Crippen LogP contribution in [0.5, 0.6) is 0 Å². The van der Waals surface area contributed by atoms with Crippen molar-refractivity contribution in [1.82, 2.24) is 0 Å². The van der Waals surface area contributed by atoms with E-state index < -0.39 is 35.7 Å². The highest BCUT2D eigenvalue weighted by atomic mass is 19.4. The van der Waals surface area contributed by atoms with Crippen LogP contribution < -0.4 is 5.46 Å². The molecule has 3 nitrogen and oxygen atoms in total. The molecule has 2 aromatic carbocycles. The van der Waals surface area contributed by atoms with Gasteiger partial charge in [0, 0.05) is 0 Å². The smallest absolute Gasteiger partial charge is 0.399 e. The van der Waals surface area contributed by atoms with E-state index in [2.05, 4.69) is 0 Å². The summed E-state index contributed by atoms with van der Waals surface area (Å²) in [6.45, 7) is 7.89. The maximum atomic E-state index is 13.2. The zero-order chi connectivity index (χ0) is 21.9. The first-order valence-electron chi connectivity index (χ1n) is 10.2. The minimum atomic E-state index is -4.46. The molecule has 1 atom stereocenters. The number of benzene rings is 2. The van der Waals surface area contributed by atoms with Gasteiger partial charge in [0.05, 0.1) is 16.8 Å². The van der Waals surface area contributed by atoms with Gasteiger partial charge in [-0.15, -0.1) is 0 Å². The monoisotopic (exact) mass is 418 g/mol. The lowest BCUT2D eigenvalue weighted by Crippen LogP contribution is -2.41. The van der Waals surface area contributed by atoms with Gasteiger partial charge in [0.25, 0.3) is 0 Å². The Morgan fingerprint density at radius 3 is 1.90 bits per heavy atom. The Morgan fingerprint density at radius 2 is 1.40 bits per heavy atom. The average Bonchev–Trinajstić information content (AvgIpc) is 3.48. The molecular formula is C23H26BF3O3. The van der Waals surface area contributed by atoms with Crippen LogP contribution in [0.1, 0.15) is 57.2 Å². The Labute approximate surface area is 175 Å². The van der Waals surface area contributed by atoms with Crippen molar-refractivity contribution in [1.29, 1.82) is 0 Å². The lowest BCUT2D eigenvalue weighted by Gasteiger charge is -2.32. The summed E-state index contributed by atoms with van der Waals surface area (Å²) in [5, 5.41) is 11.6. The second-order valence-electron chi connectivity index (χ2n) is 9.33. The van der Waals surface area contributed by atoms with Crippen molar-refractivity contribution in [2.75, 3.05) is 0 Å². The Hall–Kier alpha value is -1.83. The van der Waals surface area contributed by atoms with Crippen LogP contribution in [0.4, 0.5) is 13.2 Å². The van der Waals surface area contributed by atoms with Crippen molar-refractivity contribution in [3.63, 3.8) is 0 Å². The second kappa shape index (κ2) is 6.84. The number of rotatable bonds is 4. The van der Waals surface area contributed by atoms with E-state index in [9.17, 15) is 18.3 Å². The van der Waals surface area contributed by atoms with E-state index in [0.29, 0.717) is 5.56 Å². The normalized spacial score (nSPS) is 22.7. The number of halogens is 3. The maximum absolute atomic E-state index is 13.2. The molecule has 0 amide bonds. The fourth-order valence-electron chi connectivity index (χ4n) is 3.95. The van der Waals surface area contributed by atoms with Crippen LogP contribution in [0.25, 0.3) is 0 Å². The van der Waals surface area contributed by atoms with Crippen LogP contribution in [-0.2, 0) is 21.1 Å². The van der Waals surface area contributed by atoms with E-state index in [-0.39, 0.29) is 11.5 Å². The van der Waals surface area contributed by atoms with E-state index in [0.717, 1.165) is 30.4 Å². The molecule has 0 radical (unpaired) electrons. The van der Waals surface area contributed by atoms with Gasteiger partial charge >= 0.3 is 13.3 Å². The molecule has 1 unspecified atom stereocenters. The van der Waals surface area contributed by atoms with Crippen LogP contribution in [-0.4, -0.2) is 23.4 Å². The summed E-state index contributed by atoms with van der Waals surface area (Å²) in [4.78, 5) is 0. The van der Waals surface area contributed by atoms with Crippen LogP contribution >= 0.6 is 0 Å². The summed E-state index contributed by atoms with van der Waals surface area (Å²) in [6.07, 6.45) is -2.92. The zero-order valence-corrected chi connectivity index (χ0v) is 17.6. The molecule has 0 spiro atoms. The van der Waals surface area contributed by atoms with Gasteiger partial charge in [-0.2, -0.15) is 13.2 Å². The van der Waals surface area contributed by atoms with Crippen molar-refractivity contribution in [3.8, 4) is 0 Å². The predicted molar refractivity (Wildman–Crippen MR) is 109 cm³/mol. The first-order chi connectivity index (χ1) is 13.8. The molecule has 160 valence electrons. The molecule has 1 N–H and O–H groups in total. The molecule has 2 aromatic rings. The van der Waals surface area contributed by atoms with Gasteiger partial charge in [-0.25, -0.2) is 0 Å². The highest BCUT2D eigenvalue weighted by Crippen LogP contribution is 2.50. The molecule has 1 aliphatic carbocycles. The van der Waals surface area contributed by atoms with Gasteiger partial charge in [-0.1, -0.05) is 36.4 Å². The molecule has 2 aliphatic rings. The molecule has 4 rings (SSSR count). The Bertz CT molecular complexity index is 919. The van der Waals surface area contributed by atoms with E-state index in [4.69, 9.17) is 9.31 Å². The van der Waals surface area contributed by atoms with Crippen molar-refractivity contribution in [2.45, 2.75) is 63.5 Å². The van der Waals surface area contributed by atoms with Crippen molar-refractivity contribution in [3.05, 3.63) is 65.2 Å². The molecule has 1 saturated heterocycles. The Balaban J connectivity index is 1.67. The zero-order valence-electron chi connectivity index (χ0n) is 17.6. The molecule has 30 heavy (non-hydrogen) atoms. The van der Waals surface area contributed by atoms with E-state index in [1.165, 1.54) is 6.07 Å². The minimum absolute atomic E-state index is 0.108. The number of hydrogen-bond acceptors (Lipinski definition) is 3. The summed E-state index contributed by atoms with van der Waals surface area (Å²) >= 11 is 0. The third-order valence-corrected chi connectivity index (χ3v) is 6.67. The average molecular weight is 418 g/mol. The molecule has 0 aromatic heterocycles. The van der Waals surface area contributed by atoms with Crippen molar-refractivity contribution in [2.24, 2.45) is 5.92 Å². The third-order valence-electron chi connectivity index (χ3n) is 6.67. The van der Waals surface area contributed by atoms with Gasteiger partial charge in [0.1, 0.15) is 5.60 Å². The van der Waals surface area contributed by atoms with E-state index >= 15 is 0 Å². The SMILES string of the molecule is CC1(C)OB(c2ccc(C(O)(c3cccc(C(F)(F)F)c3)C3CC3)cc2)OC1(C)C. The highest BCUT2D eigenvalue weighted by Gasteiger charge is 2.52. The first-order valence-corrected chi connectivity index (χ1v) is 10.2. The van der Waals surface area contributed by atoms with Gasteiger partial charge in [-0.05, 0) is 75.2 Å². The van der Waals surface area contributed by atoms with Crippen LogP contribution in [0.15, 0.2) is 48.5 Å². The lowest BCUT2D eigenvalue weighted by molar-refractivity contribution is -0.137. The molecule has 1 heterocycles. The van der Waals surface area contributed by atoms with Gasteiger partial charge < -0.3 is 14.4 Å². The van der Waals surface area contributed by atoms with Crippen LogP contribution in [0.2, 0.25) is 0 Å². The summed E-state index contributed by atoms with van der Waals surface area (Å²) in [7, 11) is -0.536. The topological polar surface area (TPSA) is 38.7 Å². The van der Waals surface area contributed by atoms with Gasteiger partial charge in [0.2, 0.25) is 0 Å². The molecular weight excluding hydrogens is 392 g/mol. The maximum Gasteiger partial charge on any atom is 0.494 e. The van der Waals surface area contributed by atoms with Gasteiger partial charge in [-0.3, -0.25) is 0 Å². The molecule has 2 fully saturated rings. The summed E-state index contributed by atoms with van der Waals surface area (Å²) in [6, 6.07) is 12.2. The lowest BCUT2D eigenvalue weighted by atomic mass is 9.76. The standard InChI is InChI=1S/C23H26BF3O3/c1-20(2)21(3,4)30-24(29-20)19-12-10-16(11-13-19)22(28,15-8-9-15)17-6-5-7-18(14-17)23(25,26)27/h5-7,10-15,28H,8-9H2,1-4H3. The Morgan fingerprint density at radius 1 is 0.867 bits per heavy atom. The fourth-order valence-corrected chi connectivity index (χ4v) is 3.95. The molecule has 0 bridgehead atoms. The highest BCUT2D eigenvalue weighted by molar-refractivity contribution is 6.62.